The molecule has 6 aromatic rings. The fourth-order valence-corrected chi connectivity index (χ4v) is 4.84. The predicted molar refractivity (Wildman–Crippen MR) is 139 cm³/mol. The summed E-state index contributed by atoms with van der Waals surface area (Å²) in [7, 11) is 0. The topological polar surface area (TPSA) is 87.2 Å². The number of fused-ring (bicyclic) bond motifs is 1. The van der Waals surface area contributed by atoms with E-state index in [4.69, 9.17) is 9.84 Å². The second-order valence-corrected chi connectivity index (χ2v) is 9.09. The highest BCUT2D eigenvalue weighted by Gasteiger charge is 2.16. The van der Waals surface area contributed by atoms with Gasteiger partial charge in [0.2, 0.25) is 4.96 Å². The molecular weight excluding hydrogens is 491 g/mol. The second-order valence-electron chi connectivity index (χ2n) is 8.08. The van der Waals surface area contributed by atoms with Gasteiger partial charge in [-0.15, -0.1) is 5.10 Å². The van der Waals surface area contributed by atoms with Crippen molar-refractivity contribution in [2.24, 2.45) is 0 Å². The molecule has 0 saturated heterocycles. The number of nitrogens with zero attached hydrogens (tertiary/aromatic N) is 6. The quantitative estimate of drug-likeness (QED) is 0.335. The Balaban J connectivity index is 1.48. The summed E-state index contributed by atoms with van der Waals surface area (Å²) < 4.78 is 23.5. The number of benzene rings is 2. The highest BCUT2D eigenvalue weighted by Crippen LogP contribution is 2.28. The summed E-state index contributed by atoms with van der Waals surface area (Å²) in [5, 5.41) is 9.10. The predicted octanol–water partition coefficient (Wildman–Crippen LogP) is 4.15. The fourth-order valence-electron chi connectivity index (χ4n) is 3.94. The number of rotatable bonds is 6. The van der Waals surface area contributed by atoms with Gasteiger partial charge >= 0.3 is 0 Å². The van der Waals surface area contributed by atoms with E-state index < -0.39 is 5.82 Å². The Hall–Kier alpha value is -4.70. The molecule has 0 aliphatic heterocycles. The van der Waals surface area contributed by atoms with Crippen LogP contribution >= 0.6 is 11.3 Å². The summed E-state index contributed by atoms with van der Waals surface area (Å²) in [6, 6.07) is 17.9. The molecule has 0 unspecified atom stereocenters. The lowest BCUT2D eigenvalue weighted by molar-refractivity contribution is 0.321. The van der Waals surface area contributed by atoms with Crippen LogP contribution in [-0.2, 0) is 0 Å². The second kappa shape index (κ2) is 9.40. The molecule has 6 rings (SSSR count). The number of pyridine rings is 1. The van der Waals surface area contributed by atoms with Gasteiger partial charge in [-0.25, -0.2) is 9.07 Å². The van der Waals surface area contributed by atoms with Crippen LogP contribution in [0.4, 0.5) is 4.39 Å². The summed E-state index contributed by atoms with van der Waals surface area (Å²) >= 11 is 1.23. The molecule has 0 atom stereocenters. The Bertz CT molecular complexity index is 1830. The summed E-state index contributed by atoms with van der Waals surface area (Å²) in [4.78, 5) is 22.3. The highest BCUT2D eigenvalue weighted by molar-refractivity contribution is 7.15. The molecule has 8 nitrogen and oxygen atoms in total. The Morgan fingerprint density at radius 2 is 1.92 bits per heavy atom. The van der Waals surface area contributed by atoms with Crippen molar-refractivity contribution in [3.63, 3.8) is 0 Å². The highest BCUT2D eigenvalue weighted by atomic mass is 32.1. The van der Waals surface area contributed by atoms with Gasteiger partial charge in [0.05, 0.1) is 16.8 Å². The van der Waals surface area contributed by atoms with E-state index in [1.54, 1.807) is 48.3 Å². The normalized spacial score (nSPS) is 11.9. The third kappa shape index (κ3) is 4.27. The van der Waals surface area contributed by atoms with E-state index in [1.165, 1.54) is 21.9 Å². The lowest BCUT2D eigenvalue weighted by Crippen LogP contribution is -2.23. The maximum absolute atomic E-state index is 14.7. The van der Waals surface area contributed by atoms with Crippen molar-refractivity contribution in [1.82, 2.24) is 29.4 Å². The van der Waals surface area contributed by atoms with Crippen LogP contribution in [0, 0.1) is 5.82 Å². The molecule has 2 aromatic carbocycles. The first-order valence-electron chi connectivity index (χ1n) is 11.5. The van der Waals surface area contributed by atoms with Gasteiger partial charge in [-0.05, 0) is 55.5 Å². The van der Waals surface area contributed by atoms with Crippen LogP contribution in [0.15, 0.2) is 84.0 Å². The van der Waals surface area contributed by atoms with E-state index in [1.807, 2.05) is 42.6 Å². The van der Waals surface area contributed by atoms with Crippen LogP contribution in [0.1, 0.15) is 12.5 Å². The van der Waals surface area contributed by atoms with E-state index in [0.717, 1.165) is 11.3 Å². The van der Waals surface area contributed by atoms with E-state index in [0.29, 0.717) is 38.7 Å². The maximum Gasteiger partial charge on any atom is 0.291 e. The van der Waals surface area contributed by atoms with Crippen molar-refractivity contribution in [3.05, 3.63) is 106 Å². The molecule has 0 saturated carbocycles. The summed E-state index contributed by atoms with van der Waals surface area (Å²) in [6.07, 6.45) is 6.87. The van der Waals surface area contributed by atoms with Crippen LogP contribution in [-0.4, -0.2) is 36.0 Å². The molecule has 0 radical (unpaired) electrons. The van der Waals surface area contributed by atoms with Gasteiger partial charge in [-0.2, -0.15) is 14.6 Å². The molecular formula is C27H19FN6O2S. The minimum absolute atomic E-state index is 0.177. The number of hydrogen-bond donors (Lipinski definition) is 0. The Morgan fingerprint density at radius 3 is 2.65 bits per heavy atom. The van der Waals surface area contributed by atoms with Gasteiger partial charge in [0.1, 0.15) is 5.69 Å². The minimum atomic E-state index is -0.481. The number of para-hydroxylation sites is 1. The van der Waals surface area contributed by atoms with Gasteiger partial charge in [-0.1, -0.05) is 29.5 Å². The first-order valence-corrected chi connectivity index (χ1v) is 12.3. The zero-order valence-corrected chi connectivity index (χ0v) is 20.4. The Labute approximate surface area is 213 Å². The first kappa shape index (κ1) is 22.7. The van der Waals surface area contributed by atoms with Crippen molar-refractivity contribution in [2.45, 2.75) is 6.92 Å². The van der Waals surface area contributed by atoms with Crippen molar-refractivity contribution < 1.29 is 9.13 Å². The van der Waals surface area contributed by atoms with Crippen LogP contribution in [0.25, 0.3) is 39.4 Å². The number of halogens is 1. The first-order chi connectivity index (χ1) is 18.1. The molecule has 0 N–H and O–H groups in total. The summed E-state index contributed by atoms with van der Waals surface area (Å²) in [5.41, 5.74) is 3.02. The van der Waals surface area contributed by atoms with Gasteiger partial charge in [0.15, 0.2) is 17.4 Å². The van der Waals surface area contributed by atoms with Crippen LogP contribution in [0.5, 0.6) is 5.75 Å². The average Bonchev–Trinajstić information content (AvgIpc) is 3.62. The van der Waals surface area contributed by atoms with Gasteiger partial charge in [-0.3, -0.25) is 9.78 Å². The van der Waals surface area contributed by atoms with E-state index in [2.05, 4.69) is 15.1 Å². The lowest BCUT2D eigenvalue weighted by Gasteiger charge is -2.06. The number of hydrogen-bond acceptors (Lipinski definition) is 7. The standard InChI is InChI=1S/C27H19FN6O2S/c1-2-36-22-11-10-17(13-21(22)28)24-19(16-33(31-24)20-8-4-3-5-9-20)14-23-26(35)34-27(37-23)30-25(32-34)18-7-6-12-29-15-18/h3-16H,2H2,1H3/b23-14-. The third-order valence-corrected chi connectivity index (χ3v) is 6.62. The summed E-state index contributed by atoms with van der Waals surface area (Å²) in [5.74, 6) is 0.132. The van der Waals surface area contributed by atoms with E-state index >= 15 is 0 Å². The molecule has 0 amide bonds. The molecule has 4 heterocycles. The Kier molecular flexibility index (Phi) is 5.78. The van der Waals surface area contributed by atoms with Crippen molar-refractivity contribution in [3.8, 4) is 34.1 Å². The van der Waals surface area contributed by atoms with Crippen molar-refractivity contribution in [1.29, 1.82) is 0 Å². The number of thiazole rings is 1. The van der Waals surface area contributed by atoms with Crippen LogP contribution in [0.3, 0.4) is 0 Å². The molecule has 10 heteroatoms. The molecule has 0 aliphatic rings. The maximum atomic E-state index is 14.7. The fraction of sp³-hybridized carbons (Fsp3) is 0.0741. The summed E-state index contributed by atoms with van der Waals surface area (Å²) in [6.45, 7) is 2.16. The smallest absolute Gasteiger partial charge is 0.291 e. The van der Waals surface area contributed by atoms with E-state index in [9.17, 15) is 9.18 Å². The van der Waals surface area contributed by atoms with Gasteiger partial charge < -0.3 is 4.74 Å². The molecule has 0 bridgehead atoms. The van der Waals surface area contributed by atoms with Crippen molar-refractivity contribution in [2.75, 3.05) is 6.61 Å². The lowest BCUT2D eigenvalue weighted by atomic mass is 10.1. The SMILES string of the molecule is CCOc1ccc(-c2nn(-c3ccccc3)cc2/C=c2\sc3nc(-c4cccnc4)nn3c2=O)cc1F. The average molecular weight is 511 g/mol. The molecule has 4 aromatic heterocycles. The van der Waals surface area contributed by atoms with Gasteiger partial charge in [0, 0.05) is 35.3 Å². The molecule has 0 aliphatic carbocycles. The monoisotopic (exact) mass is 510 g/mol. The zero-order valence-electron chi connectivity index (χ0n) is 19.6. The number of ether oxygens (including phenoxy) is 1. The van der Waals surface area contributed by atoms with E-state index in [-0.39, 0.29) is 11.3 Å². The number of aromatic nitrogens is 6. The Morgan fingerprint density at radius 1 is 1.05 bits per heavy atom. The molecule has 37 heavy (non-hydrogen) atoms. The molecule has 0 fully saturated rings. The molecule has 182 valence electrons. The van der Waals surface area contributed by atoms with Gasteiger partial charge in [0.25, 0.3) is 5.56 Å². The van der Waals surface area contributed by atoms with Crippen LogP contribution in [0.2, 0.25) is 0 Å². The largest absolute Gasteiger partial charge is 0.491 e. The zero-order chi connectivity index (χ0) is 25.4. The third-order valence-electron chi connectivity index (χ3n) is 5.66. The van der Waals surface area contributed by atoms with Crippen LogP contribution < -0.4 is 14.8 Å². The van der Waals surface area contributed by atoms with Crippen molar-refractivity contribution >= 4 is 22.4 Å². The molecule has 0 spiro atoms. The minimum Gasteiger partial charge on any atom is -0.491 e.